The van der Waals surface area contributed by atoms with E-state index in [2.05, 4.69) is 0 Å². The fraction of sp³-hybridized carbons (Fsp3) is 0.0625. The van der Waals surface area contributed by atoms with E-state index in [1.54, 1.807) is 6.07 Å². The molecule has 0 amide bonds. The van der Waals surface area contributed by atoms with Gasteiger partial charge in [0.25, 0.3) is 0 Å². The fourth-order valence-corrected chi connectivity index (χ4v) is 2.62. The lowest BCUT2D eigenvalue weighted by Crippen LogP contribution is -1.98. The summed E-state index contributed by atoms with van der Waals surface area (Å²) in [7, 11) is 0. The molecule has 0 radical (unpaired) electrons. The van der Waals surface area contributed by atoms with Crippen LogP contribution in [0.1, 0.15) is 5.56 Å². The van der Waals surface area contributed by atoms with Gasteiger partial charge in [0.05, 0.1) is 5.39 Å². The Hall–Kier alpha value is -2.95. The second-order valence-corrected chi connectivity index (χ2v) is 4.98. The Kier molecular flexibility index (Phi) is 2.14. The number of furan rings is 1. The third kappa shape index (κ3) is 1.48. The van der Waals surface area contributed by atoms with Crippen molar-refractivity contribution in [2.24, 2.45) is 0 Å². The Bertz CT molecular complexity index is 1080. The molecule has 5 nitrogen and oxygen atoms in total. The van der Waals surface area contributed by atoms with Crippen LogP contribution in [0.3, 0.4) is 0 Å². The topological polar surface area (TPSA) is 83.8 Å². The summed E-state index contributed by atoms with van der Waals surface area (Å²) >= 11 is 0. The second kappa shape index (κ2) is 3.79. The largest absolute Gasteiger partial charge is 0.504 e. The van der Waals surface area contributed by atoms with Gasteiger partial charge in [-0.2, -0.15) is 0 Å². The predicted molar refractivity (Wildman–Crippen MR) is 77.8 cm³/mol. The number of aromatic hydroxyl groups is 2. The van der Waals surface area contributed by atoms with Crippen LogP contribution in [0.15, 0.2) is 44.0 Å². The zero-order chi connectivity index (χ0) is 14.7. The summed E-state index contributed by atoms with van der Waals surface area (Å²) in [4.78, 5) is 12.2. The van der Waals surface area contributed by atoms with Gasteiger partial charge in [-0.25, -0.2) is 4.79 Å². The molecule has 5 heteroatoms. The third-order valence-electron chi connectivity index (χ3n) is 3.64. The van der Waals surface area contributed by atoms with Crippen molar-refractivity contribution in [3.05, 3.63) is 46.3 Å². The molecule has 0 saturated heterocycles. The average molecular weight is 282 g/mol. The minimum atomic E-state index is -0.532. The summed E-state index contributed by atoms with van der Waals surface area (Å²) in [6, 6.07) is 8.08. The molecule has 0 saturated carbocycles. The van der Waals surface area contributed by atoms with Crippen molar-refractivity contribution in [2.75, 3.05) is 0 Å². The van der Waals surface area contributed by atoms with Gasteiger partial charge in [-0.15, -0.1) is 0 Å². The zero-order valence-electron chi connectivity index (χ0n) is 11.0. The van der Waals surface area contributed by atoms with E-state index in [1.807, 2.05) is 19.1 Å². The van der Waals surface area contributed by atoms with Crippen molar-refractivity contribution in [3.63, 3.8) is 0 Å². The Morgan fingerprint density at radius 3 is 2.52 bits per heavy atom. The molecular weight excluding hydrogens is 272 g/mol. The first kappa shape index (κ1) is 11.8. The lowest BCUT2D eigenvalue weighted by atomic mass is 10.1. The number of fused-ring (bicyclic) bond motifs is 5. The molecule has 0 fully saturated rings. The predicted octanol–water partition coefficient (Wildman–Crippen LogP) is 3.41. The van der Waals surface area contributed by atoms with Gasteiger partial charge in [0.1, 0.15) is 16.6 Å². The molecule has 2 N–H and O–H groups in total. The number of phenols is 2. The van der Waals surface area contributed by atoms with Crippen LogP contribution < -0.4 is 5.63 Å². The second-order valence-electron chi connectivity index (χ2n) is 4.98. The number of para-hydroxylation sites is 1. The molecule has 0 unspecified atom stereocenters. The molecular formula is C16H10O5. The van der Waals surface area contributed by atoms with E-state index in [4.69, 9.17) is 8.83 Å². The molecule has 0 spiro atoms. The fourth-order valence-electron chi connectivity index (χ4n) is 2.62. The first-order valence-corrected chi connectivity index (χ1v) is 6.37. The number of aryl methyl sites for hydroxylation is 1. The first-order chi connectivity index (χ1) is 10.1. The van der Waals surface area contributed by atoms with Crippen LogP contribution >= 0.6 is 0 Å². The molecule has 2 heterocycles. The van der Waals surface area contributed by atoms with E-state index in [0.29, 0.717) is 27.5 Å². The van der Waals surface area contributed by atoms with Crippen LogP contribution in [-0.2, 0) is 0 Å². The van der Waals surface area contributed by atoms with E-state index in [0.717, 1.165) is 5.56 Å². The lowest BCUT2D eigenvalue weighted by molar-refractivity contribution is 0.404. The Labute approximate surface area is 117 Å². The smallest absolute Gasteiger partial charge is 0.348 e. The number of rotatable bonds is 0. The number of hydrogen-bond donors (Lipinski definition) is 2. The summed E-state index contributed by atoms with van der Waals surface area (Å²) in [5.74, 6) is -0.611. The summed E-state index contributed by atoms with van der Waals surface area (Å²) in [5.41, 5.74) is 1.49. The molecule has 0 bridgehead atoms. The van der Waals surface area contributed by atoms with Gasteiger partial charge in [-0.05, 0) is 24.6 Å². The molecule has 2 aromatic heterocycles. The van der Waals surface area contributed by atoms with Crippen molar-refractivity contribution >= 4 is 32.9 Å². The first-order valence-electron chi connectivity index (χ1n) is 6.37. The highest BCUT2D eigenvalue weighted by Crippen LogP contribution is 2.37. The molecule has 104 valence electrons. The van der Waals surface area contributed by atoms with Crippen LogP contribution in [0.5, 0.6) is 11.5 Å². The van der Waals surface area contributed by atoms with Crippen LogP contribution in [0.2, 0.25) is 0 Å². The highest BCUT2D eigenvalue weighted by atomic mass is 16.4. The quantitative estimate of drug-likeness (QED) is 0.381. The van der Waals surface area contributed by atoms with Crippen molar-refractivity contribution < 1.29 is 19.0 Å². The molecule has 4 rings (SSSR count). The van der Waals surface area contributed by atoms with Gasteiger partial charge in [0, 0.05) is 11.5 Å². The normalized spacial score (nSPS) is 11.7. The van der Waals surface area contributed by atoms with E-state index < -0.39 is 5.63 Å². The molecule has 21 heavy (non-hydrogen) atoms. The highest BCUT2D eigenvalue weighted by molar-refractivity contribution is 6.13. The SMILES string of the molecule is Cc1cccc2c1oc(=O)c1c3cc(O)c(O)cc3oc21. The monoisotopic (exact) mass is 282 g/mol. The lowest BCUT2D eigenvalue weighted by Gasteiger charge is -2.00. The van der Waals surface area contributed by atoms with Crippen molar-refractivity contribution in [1.82, 2.24) is 0 Å². The summed E-state index contributed by atoms with van der Waals surface area (Å²) in [6.45, 7) is 1.84. The number of hydrogen-bond acceptors (Lipinski definition) is 5. The Balaban J connectivity index is 2.35. The highest BCUT2D eigenvalue weighted by Gasteiger charge is 2.18. The Morgan fingerprint density at radius 2 is 1.71 bits per heavy atom. The van der Waals surface area contributed by atoms with E-state index in [9.17, 15) is 15.0 Å². The standard InChI is InChI=1S/C16H10O5/c1-7-3-2-4-8-14(7)21-16(19)13-9-5-10(17)11(18)6-12(9)20-15(8)13/h2-6,17-18H,1H3. The molecule has 4 aromatic rings. The minimum Gasteiger partial charge on any atom is -0.504 e. The molecule has 0 aliphatic heterocycles. The summed E-state index contributed by atoms with van der Waals surface area (Å²) < 4.78 is 11.1. The molecule has 0 aliphatic carbocycles. The van der Waals surface area contributed by atoms with Crippen molar-refractivity contribution in [1.29, 1.82) is 0 Å². The van der Waals surface area contributed by atoms with Gasteiger partial charge in [-0.3, -0.25) is 0 Å². The Morgan fingerprint density at radius 1 is 0.952 bits per heavy atom. The molecule has 2 aromatic carbocycles. The van der Waals surface area contributed by atoms with Gasteiger partial charge in [-0.1, -0.05) is 12.1 Å². The van der Waals surface area contributed by atoms with Crippen molar-refractivity contribution in [3.8, 4) is 11.5 Å². The molecule has 0 aliphatic rings. The molecule has 0 atom stereocenters. The zero-order valence-corrected chi connectivity index (χ0v) is 11.0. The minimum absolute atomic E-state index is 0.262. The van der Waals surface area contributed by atoms with Gasteiger partial charge in [0.15, 0.2) is 17.1 Å². The van der Waals surface area contributed by atoms with E-state index in [-0.39, 0.29) is 16.9 Å². The van der Waals surface area contributed by atoms with E-state index >= 15 is 0 Å². The average Bonchev–Trinajstić information content (AvgIpc) is 2.80. The van der Waals surface area contributed by atoms with Gasteiger partial charge < -0.3 is 19.0 Å². The van der Waals surface area contributed by atoms with Crippen LogP contribution in [0, 0.1) is 6.92 Å². The van der Waals surface area contributed by atoms with Crippen LogP contribution in [0.4, 0.5) is 0 Å². The maximum absolute atomic E-state index is 12.2. The third-order valence-corrected chi connectivity index (χ3v) is 3.64. The maximum Gasteiger partial charge on any atom is 0.348 e. The summed E-state index contributed by atoms with van der Waals surface area (Å²) in [6.07, 6.45) is 0. The van der Waals surface area contributed by atoms with Crippen LogP contribution in [0.25, 0.3) is 32.9 Å². The number of benzene rings is 2. The van der Waals surface area contributed by atoms with Gasteiger partial charge in [0.2, 0.25) is 0 Å². The van der Waals surface area contributed by atoms with Crippen LogP contribution in [-0.4, -0.2) is 10.2 Å². The summed E-state index contributed by atoms with van der Waals surface area (Å²) in [5, 5.41) is 20.5. The van der Waals surface area contributed by atoms with E-state index in [1.165, 1.54) is 12.1 Å². The number of phenolic OH excluding ortho intramolecular Hbond substituents is 2. The van der Waals surface area contributed by atoms with Crippen molar-refractivity contribution in [2.45, 2.75) is 6.92 Å². The van der Waals surface area contributed by atoms with Gasteiger partial charge >= 0.3 is 5.63 Å². The maximum atomic E-state index is 12.2.